The molecule has 2 rings (SSSR count). The lowest BCUT2D eigenvalue weighted by molar-refractivity contribution is 0.0295. The summed E-state index contributed by atoms with van der Waals surface area (Å²) in [6, 6.07) is 0. The molecule has 100 valence electrons. The molecule has 2 fully saturated rings. The summed E-state index contributed by atoms with van der Waals surface area (Å²) in [5.41, 5.74) is -0.361. The second-order valence-corrected chi connectivity index (χ2v) is 5.49. The molecule has 0 atom stereocenters. The third kappa shape index (κ3) is 5.89. The van der Waals surface area contributed by atoms with Gasteiger partial charge in [-0.1, -0.05) is 0 Å². The zero-order valence-electron chi connectivity index (χ0n) is 11.0. The SMILES string of the molecule is CC(C)(C)OC(=O)N1CCCC1.OC1CNC1. The van der Waals surface area contributed by atoms with E-state index >= 15 is 0 Å². The van der Waals surface area contributed by atoms with E-state index in [0.717, 1.165) is 39.0 Å². The number of nitrogens with zero attached hydrogens (tertiary/aromatic N) is 1. The maximum absolute atomic E-state index is 11.4. The first-order valence-electron chi connectivity index (χ1n) is 6.25. The van der Waals surface area contributed by atoms with E-state index in [1.807, 2.05) is 20.8 Å². The maximum atomic E-state index is 11.4. The molecule has 5 nitrogen and oxygen atoms in total. The number of β-amino-alcohol motifs (C(OH)–C–C–N with tert-alkyl or cyclic N) is 1. The van der Waals surface area contributed by atoms with E-state index in [1.165, 1.54) is 0 Å². The quantitative estimate of drug-likeness (QED) is 0.666. The number of aliphatic hydroxyl groups is 1. The zero-order chi connectivity index (χ0) is 12.9. The Labute approximate surface area is 103 Å². The van der Waals surface area contributed by atoms with Crippen molar-refractivity contribution in [3.05, 3.63) is 0 Å². The molecular weight excluding hydrogens is 220 g/mol. The smallest absolute Gasteiger partial charge is 0.410 e. The summed E-state index contributed by atoms with van der Waals surface area (Å²) in [6.45, 7) is 8.97. The van der Waals surface area contributed by atoms with Crippen molar-refractivity contribution in [3.63, 3.8) is 0 Å². The molecule has 2 aliphatic heterocycles. The number of hydrogen-bond acceptors (Lipinski definition) is 4. The highest BCUT2D eigenvalue weighted by Gasteiger charge is 2.23. The first-order valence-corrected chi connectivity index (χ1v) is 6.25. The summed E-state index contributed by atoms with van der Waals surface area (Å²) in [5, 5.41) is 11.3. The number of rotatable bonds is 0. The van der Waals surface area contributed by atoms with E-state index in [1.54, 1.807) is 4.90 Å². The lowest BCUT2D eigenvalue weighted by atomic mass is 10.2. The van der Waals surface area contributed by atoms with E-state index in [2.05, 4.69) is 5.32 Å². The molecule has 0 spiro atoms. The van der Waals surface area contributed by atoms with Crippen LogP contribution in [0.15, 0.2) is 0 Å². The van der Waals surface area contributed by atoms with Crippen LogP contribution in [-0.4, -0.2) is 54.0 Å². The van der Waals surface area contributed by atoms with Crippen LogP contribution < -0.4 is 5.32 Å². The Balaban J connectivity index is 0.000000239. The molecule has 0 aromatic rings. The molecule has 2 heterocycles. The lowest BCUT2D eigenvalue weighted by Gasteiger charge is -2.23. The van der Waals surface area contributed by atoms with E-state index in [-0.39, 0.29) is 17.8 Å². The molecule has 0 aliphatic carbocycles. The average Bonchev–Trinajstić information content (AvgIpc) is 2.65. The predicted molar refractivity (Wildman–Crippen MR) is 65.9 cm³/mol. The Hall–Kier alpha value is -0.810. The molecule has 2 saturated heterocycles. The fourth-order valence-electron chi connectivity index (χ4n) is 1.50. The molecular formula is C12H24N2O3. The monoisotopic (exact) mass is 244 g/mol. The Morgan fingerprint density at radius 1 is 1.29 bits per heavy atom. The fraction of sp³-hybridized carbons (Fsp3) is 0.917. The van der Waals surface area contributed by atoms with Gasteiger partial charge in [-0.05, 0) is 33.6 Å². The van der Waals surface area contributed by atoms with E-state index in [0.29, 0.717) is 0 Å². The van der Waals surface area contributed by atoms with Crippen molar-refractivity contribution in [1.82, 2.24) is 10.2 Å². The molecule has 0 aromatic heterocycles. The summed E-state index contributed by atoms with van der Waals surface area (Å²) >= 11 is 0. The minimum Gasteiger partial charge on any atom is -0.444 e. The van der Waals surface area contributed by atoms with Crippen molar-refractivity contribution in [2.75, 3.05) is 26.2 Å². The first kappa shape index (κ1) is 14.3. The van der Waals surface area contributed by atoms with E-state index in [9.17, 15) is 4.79 Å². The number of likely N-dealkylation sites (tertiary alicyclic amines) is 1. The van der Waals surface area contributed by atoms with Crippen molar-refractivity contribution in [3.8, 4) is 0 Å². The molecule has 17 heavy (non-hydrogen) atoms. The molecule has 2 aliphatic rings. The van der Waals surface area contributed by atoms with Crippen LogP contribution in [-0.2, 0) is 4.74 Å². The molecule has 0 aromatic carbocycles. The Kier molecular flexibility index (Phi) is 5.21. The van der Waals surface area contributed by atoms with Crippen molar-refractivity contribution >= 4 is 6.09 Å². The largest absolute Gasteiger partial charge is 0.444 e. The molecule has 0 saturated carbocycles. The van der Waals surface area contributed by atoms with Gasteiger partial charge in [0.2, 0.25) is 0 Å². The van der Waals surface area contributed by atoms with Crippen molar-refractivity contribution in [2.45, 2.75) is 45.3 Å². The van der Waals surface area contributed by atoms with Crippen LogP contribution >= 0.6 is 0 Å². The first-order chi connectivity index (χ1) is 7.88. The van der Waals surface area contributed by atoms with Gasteiger partial charge < -0.3 is 20.1 Å². The van der Waals surface area contributed by atoms with Crippen LogP contribution in [0.5, 0.6) is 0 Å². The van der Waals surface area contributed by atoms with Crippen LogP contribution in [0, 0.1) is 0 Å². The van der Waals surface area contributed by atoms with Gasteiger partial charge >= 0.3 is 6.09 Å². The highest BCUT2D eigenvalue weighted by Crippen LogP contribution is 2.14. The van der Waals surface area contributed by atoms with E-state index < -0.39 is 0 Å². The number of hydrogen-bond donors (Lipinski definition) is 2. The minimum atomic E-state index is -0.361. The van der Waals surface area contributed by atoms with Gasteiger partial charge in [-0.25, -0.2) is 4.79 Å². The van der Waals surface area contributed by atoms with Crippen molar-refractivity contribution in [1.29, 1.82) is 0 Å². The van der Waals surface area contributed by atoms with Crippen LogP contribution in [0.1, 0.15) is 33.6 Å². The number of aliphatic hydroxyl groups excluding tert-OH is 1. The summed E-state index contributed by atoms with van der Waals surface area (Å²) in [5.74, 6) is 0. The highest BCUT2D eigenvalue weighted by molar-refractivity contribution is 5.68. The molecule has 1 amide bonds. The summed E-state index contributed by atoms with van der Waals surface area (Å²) in [4.78, 5) is 13.1. The van der Waals surface area contributed by atoms with Crippen molar-refractivity contribution < 1.29 is 14.6 Å². The number of ether oxygens (including phenoxy) is 1. The zero-order valence-corrected chi connectivity index (χ0v) is 11.0. The molecule has 0 radical (unpaired) electrons. The van der Waals surface area contributed by atoms with Crippen LogP contribution in [0.4, 0.5) is 4.79 Å². The number of amides is 1. The molecule has 5 heteroatoms. The van der Waals surface area contributed by atoms with Crippen LogP contribution in [0.3, 0.4) is 0 Å². The minimum absolute atomic E-state index is 0.0463. The third-order valence-corrected chi connectivity index (χ3v) is 2.52. The third-order valence-electron chi connectivity index (χ3n) is 2.52. The van der Waals surface area contributed by atoms with Gasteiger partial charge in [0.25, 0.3) is 0 Å². The number of carbonyl (C=O) groups excluding carboxylic acids is 1. The van der Waals surface area contributed by atoms with Gasteiger partial charge in [0, 0.05) is 26.2 Å². The van der Waals surface area contributed by atoms with E-state index in [4.69, 9.17) is 9.84 Å². The summed E-state index contributed by atoms with van der Waals surface area (Å²) < 4.78 is 5.21. The van der Waals surface area contributed by atoms with Gasteiger partial charge in [-0.3, -0.25) is 0 Å². The van der Waals surface area contributed by atoms with Gasteiger partial charge in [-0.15, -0.1) is 0 Å². The van der Waals surface area contributed by atoms with Gasteiger partial charge in [0.05, 0.1) is 6.10 Å². The Morgan fingerprint density at radius 3 is 2.06 bits per heavy atom. The van der Waals surface area contributed by atoms with Crippen molar-refractivity contribution in [2.24, 2.45) is 0 Å². The summed E-state index contributed by atoms with van der Waals surface area (Å²) in [7, 11) is 0. The second-order valence-electron chi connectivity index (χ2n) is 5.49. The Morgan fingerprint density at radius 2 is 1.76 bits per heavy atom. The Bertz CT molecular complexity index is 241. The average molecular weight is 244 g/mol. The molecule has 2 N–H and O–H groups in total. The predicted octanol–water partition coefficient (Wildman–Crippen LogP) is 0.968. The normalized spacial score (nSPS) is 20.4. The van der Waals surface area contributed by atoms with Crippen LogP contribution in [0.2, 0.25) is 0 Å². The standard InChI is InChI=1S/C9H17NO2.C3H7NO/c1-9(2,3)12-8(11)10-6-4-5-7-10;5-3-1-4-2-3/h4-7H2,1-3H3;3-5H,1-2H2. The number of carbonyl (C=O) groups is 1. The summed E-state index contributed by atoms with van der Waals surface area (Å²) in [6.07, 6.45) is 2.01. The van der Waals surface area contributed by atoms with Gasteiger partial charge in [0.15, 0.2) is 0 Å². The van der Waals surface area contributed by atoms with Gasteiger partial charge in [-0.2, -0.15) is 0 Å². The highest BCUT2D eigenvalue weighted by atomic mass is 16.6. The molecule has 0 bridgehead atoms. The van der Waals surface area contributed by atoms with Gasteiger partial charge in [0.1, 0.15) is 5.60 Å². The topological polar surface area (TPSA) is 61.8 Å². The number of nitrogens with one attached hydrogen (secondary N) is 1. The molecule has 0 unspecified atom stereocenters. The maximum Gasteiger partial charge on any atom is 0.410 e. The van der Waals surface area contributed by atoms with Crippen LogP contribution in [0.25, 0.3) is 0 Å². The fourth-order valence-corrected chi connectivity index (χ4v) is 1.50. The lowest BCUT2D eigenvalue weighted by Crippen LogP contribution is -2.46. The second kappa shape index (κ2) is 6.21.